The molecule has 0 saturated carbocycles. The fraction of sp³-hybridized carbons (Fsp3) is 0. The van der Waals surface area contributed by atoms with Crippen molar-refractivity contribution >= 4 is 60.3 Å². The average molecular weight is 398 g/mol. The van der Waals surface area contributed by atoms with Gasteiger partial charge in [-0.3, -0.25) is 14.8 Å². The van der Waals surface area contributed by atoms with Gasteiger partial charge < -0.3 is 0 Å². The van der Waals surface area contributed by atoms with Gasteiger partial charge in [-0.1, -0.05) is 11.6 Å². The summed E-state index contributed by atoms with van der Waals surface area (Å²) in [6, 6.07) is 6.56. The predicted octanol–water partition coefficient (Wildman–Crippen LogP) is 3.87. The van der Waals surface area contributed by atoms with Gasteiger partial charge in [0.1, 0.15) is 4.21 Å². The van der Waals surface area contributed by atoms with E-state index in [1.807, 2.05) is 0 Å². The van der Waals surface area contributed by atoms with E-state index >= 15 is 0 Å². The molecule has 0 unspecified atom stereocenters. The summed E-state index contributed by atoms with van der Waals surface area (Å²) in [6.07, 6.45) is 0. The second-order valence-electron chi connectivity index (χ2n) is 3.59. The zero-order valence-corrected chi connectivity index (χ0v) is 13.5. The first kappa shape index (κ1) is 15.2. The van der Waals surface area contributed by atoms with Gasteiger partial charge in [0, 0.05) is 12.1 Å². The van der Waals surface area contributed by atoms with Crippen molar-refractivity contribution in [2.24, 2.45) is 0 Å². The predicted molar refractivity (Wildman–Crippen MR) is 80.9 cm³/mol. The third-order valence-corrected chi connectivity index (χ3v) is 6.01. The lowest BCUT2D eigenvalue weighted by atomic mass is 10.3. The molecule has 106 valence electrons. The van der Waals surface area contributed by atoms with E-state index in [-0.39, 0.29) is 20.6 Å². The fourth-order valence-electron chi connectivity index (χ4n) is 1.34. The molecule has 0 saturated heterocycles. The number of sulfonamides is 1. The number of nitrogens with zero attached hydrogens (tertiary/aromatic N) is 1. The van der Waals surface area contributed by atoms with Crippen LogP contribution in [0.5, 0.6) is 0 Å². The van der Waals surface area contributed by atoms with Crippen LogP contribution in [0.15, 0.2) is 38.3 Å². The molecule has 0 aliphatic heterocycles. The van der Waals surface area contributed by atoms with Gasteiger partial charge in [-0.15, -0.1) is 11.3 Å². The number of nitro benzene ring substituents is 1. The third kappa shape index (κ3) is 3.29. The van der Waals surface area contributed by atoms with Crippen molar-refractivity contribution in [3.63, 3.8) is 0 Å². The highest BCUT2D eigenvalue weighted by Gasteiger charge is 2.19. The van der Waals surface area contributed by atoms with Gasteiger partial charge in [0.05, 0.1) is 19.4 Å². The minimum Gasteiger partial charge on any atom is -0.277 e. The Hall–Kier alpha value is -1.16. The second-order valence-corrected chi connectivity index (χ2v) is 8.36. The van der Waals surface area contributed by atoms with Gasteiger partial charge >= 0.3 is 0 Å². The molecule has 0 aliphatic rings. The van der Waals surface area contributed by atoms with E-state index in [9.17, 15) is 18.5 Å². The number of benzene rings is 1. The molecule has 1 heterocycles. The summed E-state index contributed by atoms with van der Waals surface area (Å²) in [7, 11) is -3.76. The average Bonchev–Trinajstić information content (AvgIpc) is 2.79. The number of anilines is 1. The SMILES string of the molecule is O=[N+]([O-])c1ccc(NS(=O)(=O)c2ccc(Br)s2)c(Cl)c1. The number of nitro groups is 1. The van der Waals surface area contributed by atoms with E-state index in [1.165, 1.54) is 18.2 Å². The standard InChI is InChI=1S/C10H6BrClN2O4S2/c11-9-3-4-10(19-9)20(17,18)13-8-2-1-6(14(15)16)5-7(8)12/h1-5,13H. The molecule has 6 nitrogen and oxygen atoms in total. The maximum Gasteiger partial charge on any atom is 0.271 e. The quantitative estimate of drug-likeness (QED) is 0.626. The Morgan fingerprint density at radius 2 is 2.00 bits per heavy atom. The number of halogens is 2. The molecular weight excluding hydrogens is 392 g/mol. The van der Waals surface area contributed by atoms with Gasteiger partial charge in [-0.05, 0) is 34.1 Å². The molecule has 0 bridgehead atoms. The molecule has 2 aromatic rings. The summed E-state index contributed by atoms with van der Waals surface area (Å²) in [5, 5.41) is 10.5. The van der Waals surface area contributed by atoms with Crippen molar-refractivity contribution in [3.05, 3.63) is 49.3 Å². The van der Waals surface area contributed by atoms with Crippen molar-refractivity contribution in [2.45, 2.75) is 4.21 Å². The van der Waals surface area contributed by atoms with Crippen LogP contribution in [-0.2, 0) is 10.0 Å². The molecule has 1 aromatic heterocycles. The molecule has 20 heavy (non-hydrogen) atoms. The minimum atomic E-state index is -3.76. The number of rotatable bonds is 4. The fourth-order valence-corrected chi connectivity index (χ4v) is 4.71. The van der Waals surface area contributed by atoms with Gasteiger partial charge in [0.25, 0.3) is 15.7 Å². The Kier molecular flexibility index (Phi) is 4.33. The highest BCUT2D eigenvalue weighted by Crippen LogP contribution is 2.31. The van der Waals surface area contributed by atoms with E-state index in [2.05, 4.69) is 20.7 Å². The summed E-state index contributed by atoms with van der Waals surface area (Å²) < 4.78 is 27.2. The first-order chi connectivity index (χ1) is 9.29. The van der Waals surface area contributed by atoms with Crippen LogP contribution in [-0.4, -0.2) is 13.3 Å². The lowest BCUT2D eigenvalue weighted by Crippen LogP contribution is -2.11. The maximum absolute atomic E-state index is 12.1. The van der Waals surface area contributed by atoms with Crippen LogP contribution >= 0.6 is 38.9 Å². The van der Waals surface area contributed by atoms with Crippen LogP contribution < -0.4 is 4.72 Å². The normalized spacial score (nSPS) is 11.3. The van der Waals surface area contributed by atoms with Gasteiger partial charge in [-0.25, -0.2) is 8.42 Å². The number of nitrogens with one attached hydrogen (secondary N) is 1. The molecule has 0 atom stereocenters. The number of hydrogen-bond donors (Lipinski definition) is 1. The first-order valence-corrected chi connectivity index (χ1v) is 8.49. The van der Waals surface area contributed by atoms with Gasteiger partial charge in [0.15, 0.2) is 0 Å². The summed E-state index contributed by atoms with van der Waals surface area (Å²) >= 11 is 10.1. The highest BCUT2D eigenvalue weighted by atomic mass is 79.9. The van der Waals surface area contributed by atoms with Gasteiger partial charge in [-0.2, -0.15) is 0 Å². The monoisotopic (exact) mass is 396 g/mol. The van der Waals surface area contributed by atoms with Crippen LogP contribution in [0, 0.1) is 10.1 Å². The Labute approximate surface area is 131 Å². The molecule has 10 heteroatoms. The van der Waals surface area contributed by atoms with E-state index in [1.54, 1.807) is 6.07 Å². The smallest absolute Gasteiger partial charge is 0.271 e. The van der Waals surface area contributed by atoms with E-state index in [0.717, 1.165) is 17.4 Å². The molecule has 0 aliphatic carbocycles. The molecule has 0 radical (unpaired) electrons. The largest absolute Gasteiger partial charge is 0.277 e. The topological polar surface area (TPSA) is 89.3 Å². The number of non-ortho nitro benzene ring substituents is 1. The van der Waals surface area contributed by atoms with Crippen molar-refractivity contribution in [2.75, 3.05) is 4.72 Å². The summed E-state index contributed by atoms with van der Waals surface area (Å²) in [5.41, 5.74) is -0.126. The lowest BCUT2D eigenvalue weighted by molar-refractivity contribution is -0.384. The van der Waals surface area contributed by atoms with Crippen LogP contribution in [0.3, 0.4) is 0 Å². The van der Waals surface area contributed by atoms with Crippen LogP contribution in [0.25, 0.3) is 0 Å². The van der Waals surface area contributed by atoms with Crippen molar-refractivity contribution in [3.8, 4) is 0 Å². The zero-order chi connectivity index (χ0) is 14.9. The molecule has 2 rings (SSSR count). The molecule has 1 N–H and O–H groups in total. The molecular formula is C10H6BrClN2O4S2. The number of hydrogen-bond acceptors (Lipinski definition) is 5. The van der Waals surface area contributed by atoms with Crippen LogP contribution in [0.1, 0.15) is 0 Å². The van der Waals surface area contributed by atoms with Crippen LogP contribution in [0.2, 0.25) is 5.02 Å². The molecule has 0 fully saturated rings. The van der Waals surface area contributed by atoms with E-state index in [0.29, 0.717) is 3.79 Å². The van der Waals surface area contributed by atoms with Crippen molar-refractivity contribution < 1.29 is 13.3 Å². The summed E-state index contributed by atoms with van der Waals surface area (Å²) in [5.74, 6) is 0. The van der Waals surface area contributed by atoms with Crippen molar-refractivity contribution in [1.29, 1.82) is 0 Å². The van der Waals surface area contributed by atoms with Gasteiger partial charge in [0.2, 0.25) is 0 Å². The van der Waals surface area contributed by atoms with Crippen LogP contribution in [0.4, 0.5) is 11.4 Å². The molecule has 1 aromatic carbocycles. The second kappa shape index (κ2) is 5.68. The third-order valence-electron chi connectivity index (χ3n) is 2.22. The van der Waals surface area contributed by atoms with Crippen molar-refractivity contribution in [1.82, 2.24) is 0 Å². The summed E-state index contributed by atoms with van der Waals surface area (Å²) in [4.78, 5) is 9.97. The Morgan fingerprint density at radius 1 is 1.30 bits per heavy atom. The zero-order valence-electron chi connectivity index (χ0n) is 9.54. The number of thiophene rings is 1. The molecule has 0 amide bonds. The maximum atomic E-state index is 12.1. The first-order valence-electron chi connectivity index (χ1n) is 5.02. The summed E-state index contributed by atoms with van der Waals surface area (Å²) in [6.45, 7) is 0. The highest BCUT2D eigenvalue weighted by molar-refractivity contribution is 9.11. The minimum absolute atomic E-state index is 0.0432. The van der Waals surface area contributed by atoms with E-state index < -0.39 is 14.9 Å². The Balaban J connectivity index is 2.32. The lowest BCUT2D eigenvalue weighted by Gasteiger charge is -2.07. The Bertz CT molecular complexity index is 775. The van der Waals surface area contributed by atoms with E-state index in [4.69, 9.17) is 11.6 Å². The molecule has 0 spiro atoms. The Morgan fingerprint density at radius 3 is 2.50 bits per heavy atom.